The van der Waals surface area contributed by atoms with Crippen LogP contribution in [0.25, 0.3) is 0 Å². The first-order chi connectivity index (χ1) is 7.46. The van der Waals surface area contributed by atoms with Crippen LogP contribution in [0.1, 0.15) is 39.5 Å². The van der Waals surface area contributed by atoms with Crippen molar-refractivity contribution in [3.05, 3.63) is 11.1 Å². The molecule has 0 bridgehead atoms. The number of anilines is 1. The lowest BCUT2D eigenvalue weighted by molar-refractivity contribution is 0.426. The van der Waals surface area contributed by atoms with E-state index in [2.05, 4.69) is 49.8 Å². The zero-order valence-corrected chi connectivity index (χ0v) is 11.8. The number of rotatable bonds is 5. The monoisotopic (exact) mass is 241 g/mol. The lowest BCUT2D eigenvalue weighted by Crippen LogP contribution is -2.34. The zero-order chi connectivity index (χ0) is 12.2. The molecule has 0 fully saturated rings. The van der Waals surface area contributed by atoms with Gasteiger partial charge in [0.2, 0.25) is 0 Å². The van der Waals surface area contributed by atoms with E-state index in [9.17, 15) is 0 Å². The van der Waals surface area contributed by atoms with Gasteiger partial charge < -0.3 is 10.2 Å². The molecular weight excluding hydrogens is 218 g/mol. The highest BCUT2D eigenvalue weighted by Crippen LogP contribution is 2.22. The third kappa shape index (κ3) is 4.10. The molecule has 1 rings (SSSR count). The van der Waals surface area contributed by atoms with Gasteiger partial charge in [-0.05, 0) is 34.6 Å². The SMILES string of the molecule is CCN(CC)c1ncc(CNC(C)(C)C)s1. The van der Waals surface area contributed by atoms with Gasteiger partial charge in [0.1, 0.15) is 0 Å². The maximum Gasteiger partial charge on any atom is 0.185 e. The maximum absolute atomic E-state index is 4.46. The minimum atomic E-state index is 0.166. The van der Waals surface area contributed by atoms with Crippen LogP contribution in [0.3, 0.4) is 0 Å². The Labute approximate surface area is 103 Å². The molecule has 1 heterocycles. The fraction of sp³-hybridized carbons (Fsp3) is 0.750. The molecule has 0 aliphatic carbocycles. The third-order valence-electron chi connectivity index (χ3n) is 2.37. The molecule has 0 unspecified atom stereocenters. The van der Waals surface area contributed by atoms with Gasteiger partial charge in [-0.3, -0.25) is 0 Å². The summed E-state index contributed by atoms with van der Waals surface area (Å²) in [6.07, 6.45) is 1.98. The molecule has 0 saturated carbocycles. The van der Waals surface area contributed by atoms with Gasteiger partial charge in [-0.25, -0.2) is 4.98 Å². The lowest BCUT2D eigenvalue weighted by Gasteiger charge is -2.19. The van der Waals surface area contributed by atoms with E-state index in [1.165, 1.54) is 4.88 Å². The average Bonchev–Trinajstić information content (AvgIpc) is 2.65. The summed E-state index contributed by atoms with van der Waals surface area (Å²) >= 11 is 1.78. The smallest absolute Gasteiger partial charge is 0.185 e. The molecule has 3 nitrogen and oxygen atoms in total. The minimum Gasteiger partial charge on any atom is -0.349 e. The van der Waals surface area contributed by atoms with Crippen molar-refractivity contribution in [2.75, 3.05) is 18.0 Å². The van der Waals surface area contributed by atoms with E-state index in [1.807, 2.05) is 6.20 Å². The van der Waals surface area contributed by atoms with Crippen LogP contribution in [0.15, 0.2) is 6.20 Å². The number of nitrogens with zero attached hydrogens (tertiary/aromatic N) is 2. The first-order valence-electron chi connectivity index (χ1n) is 5.91. The Hall–Kier alpha value is -0.610. The van der Waals surface area contributed by atoms with Crippen molar-refractivity contribution in [3.8, 4) is 0 Å². The van der Waals surface area contributed by atoms with E-state index in [0.29, 0.717) is 0 Å². The molecule has 0 aliphatic rings. The molecule has 1 N–H and O–H groups in total. The van der Waals surface area contributed by atoms with Crippen LogP contribution in [0.5, 0.6) is 0 Å². The topological polar surface area (TPSA) is 28.2 Å². The molecule has 0 amide bonds. The maximum atomic E-state index is 4.46. The number of hydrogen-bond acceptors (Lipinski definition) is 4. The highest BCUT2D eigenvalue weighted by atomic mass is 32.1. The molecule has 0 aromatic carbocycles. The summed E-state index contributed by atoms with van der Waals surface area (Å²) in [7, 11) is 0. The molecule has 4 heteroatoms. The average molecular weight is 241 g/mol. The third-order valence-corrected chi connectivity index (χ3v) is 3.43. The molecule has 0 atom stereocenters. The van der Waals surface area contributed by atoms with Crippen molar-refractivity contribution in [2.45, 2.75) is 46.7 Å². The highest BCUT2D eigenvalue weighted by Gasteiger charge is 2.11. The van der Waals surface area contributed by atoms with E-state index in [1.54, 1.807) is 11.3 Å². The Morgan fingerprint density at radius 3 is 2.44 bits per heavy atom. The van der Waals surface area contributed by atoms with Gasteiger partial charge in [-0.1, -0.05) is 0 Å². The van der Waals surface area contributed by atoms with Crippen molar-refractivity contribution < 1.29 is 0 Å². The summed E-state index contributed by atoms with van der Waals surface area (Å²) in [5.41, 5.74) is 0.166. The van der Waals surface area contributed by atoms with E-state index >= 15 is 0 Å². The number of nitrogens with one attached hydrogen (secondary N) is 1. The van der Waals surface area contributed by atoms with Crippen LogP contribution in [-0.4, -0.2) is 23.6 Å². The van der Waals surface area contributed by atoms with Crippen LogP contribution in [-0.2, 0) is 6.54 Å². The van der Waals surface area contributed by atoms with Crippen molar-refractivity contribution in [2.24, 2.45) is 0 Å². The fourth-order valence-corrected chi connectivity index (χ4v) is 2.35. The van der Waals surface area contributed by atoms with Crippen LogP contribution in [0.2, 0.25) is 0 Å². The molecule has 1 aromatic heterocycles. The Morgan fingerprint density at radius 1 is 1.31 bits per heavy atom. The quantitative estimate of drug-likeness (QED) is 0.859. The Balaban J connectivity index is 2.58. The molecule has 0 aliphatic heterocycles. The molecular formula is C12H23N3S. The van der Waals surface area contributed by atoms with Crippen LogP contribution >= 0.6 is 11.3 Å². The van der Waals surface area contributed by atoms with Crippen molar-refractivity contribution in [3.63, 3.8) is 0 Å². The highest BCUT2D eigenvalue weighted by molar-refractivity contribution is 7.15. The second kappa shape index (κ2) is 5.64. The van der Waals surface area contributed by atoms with Crippen LogP contribution in [0.4, 0.5) is 5.13 Å². The lowest BCUT2D eigenvalue weighted by atomic mass is 10.1. The number of thiazole rings is 1. The zero-order valence-electron chi connectivity index (χ0n) is 11.0. The predicted molar refractivity (Wildman–Crippen MR) is 72.3 cm³/mol. The van der Waals surface area contributed by atoms with E-state index < -0.39 is 0 Å². The van der Waals surface area contributed by atoms with Gasteiger partial charge in [-0.15, -0.1) is 11.3 Å². The minimum absolute atomic E-state index is 0.166. The second-order valence-electron chi connectivity index (χ2n) is 4.88. The van der Waals surface area contributed by atoms with Gasteiger partial charge in [0.25, 0.3) is 0 Å². The summed E-state index contributed by atoms with van der Waals surface area (Å²) in [5, 5.41) is 4.61. The standard InChI is InChI=1S/C12H23N3S/c1-6-15(7-2)11-13-8-10(16-11)9-14-12(3,4)5/h8,14H,6-7,9H2,1-5H3. The molecule has 0 spiro atoms. The summed E-state index contributed by atoms with van der Waals surface area (Å²) in [6.45, 7) is 13.8. The Kier molecular flexibility index (Phi) is 4.74. The summed E-state index contributed by atoms with van der Waals surface area (Å²) in [5.74, 6) is 0. The summed E-state index contributed by atoms with van der Waals surface area (Å²) in [6, 6.07) is 0. The second-order valence-corrected chi connectivity index (χ2v) is 5.98. The van der Waals surface area contributed by atoms with Crippen LogP contribution in [0, 0.1) is 0 Å². The van der Waals surface area contributed by atoms with Gasteiger partial charge in [0.15, 0.2) is 5.13 Å². The predicted octanol–water partition coefficient (Wildman–Crippen LogP) is 2.88. The normalized spacial score (nSPS) is 11.8. The van der Waals surface area contributed by atoms with Crippen LogP contribution < -0.4 is 10.2 Å². The largest absolute Gasteiger partial charge is 0.349 e. The molecule has 92 valence electrons. The summed E-state index contributed by atoms with van der Waals surface area (Å²) < 4.78 is 0. The summed E-state index contributed by atoms with van der Waals surface area (Å²) in [4.78, 5) is 8.05. The van der Waals surface area contributed by atoms with Gasteiger partial charge in [-0.2, -0.15) is 0 Å². The molecule has 0 saturated heterocycles. The van der Waals surface area contributed by atoms with E-state index in [0.717, 1.165) is 24.8 Å². The Morgan fingerprint density at radius 2 is 1.94 bits per heavy atom. The molecule has 16 heavy (non-hydrogen) atoms. The van der Waals surface area contributed by atoms with Gasteiger partial charge in [0.05, 0.1) is 0 Å². The first kappa shape index (κ1) is 13.5. The van der Waals surface area contributed by atoms with E-state index in [-0.39, 0.29) is 5.54 Å². The number of hydrogen-bond donors (Lipinski definition) is 1. The molecule has 0 radical (unpaired) electrons. The van der Waals surface area contributed by atoms with Crippen molar-refractivity contribution in [1.29, 1.82) is 0 Å². The Bertz CT molecular complexity index is 310. The first-order valence-corrected chi connectivity index (χ1v) is 6.72. The van der Waals surface area contributed by atoms with Gasteiger partial charge in [0, 0.05) is 36.2 Å². The van der Waals surface area contributed by atoms with Crippen molar-refractivity contribution >= 4 is 16.5 Å². The van der Waals surface area contributed by atoms with Gasteiger partial charge >= 0.3 is 0 Å². The molecule has 1 aromatic rings. The number of aromatic nitrogens is 1. The fourth-order valence-electron chi connectivity index (χ4n) is 1.37. The van der Waals surface area contributed by atoms with E-state index in [4.69, 9.17) is 0 Å². The van der Waals surface area contributed by atoms with Crippen molar-refractivity contribution in [1.82, 2.24) is 10.3 Å².